The van der Waals surface area contributed by atoms with Crippen LogP contribution in [0, 0.1) is 0 Å². The number of pyridine rings is 2. The van der Waals surface area contributed by atoms with Gasteiger partial charge in [0, 0.05) is 33.8 Å². The summed E-state index contributed by atoms with van der Waals surface area (Å²) in [5.74, 6) is -0.592. The summed E-state index contributed by atoms with van der Waals surface area (Å²) in [7, 11) is 0. The van der Waals surface area contributed by atoms with Gasteiger partial charge >= 0.3 is 5.97 Å². The highest BCUT2D eigenvalue weighted by atomic mass is 16.5. The van der Waals surface area contributed by atoms with Crippen molar-refractivity contribution in [2.24, 2.45) is 0 Å². The molecular formula is C38H29N3O5. The lowest BCUT2D eigenvalue weighted by Crippen LogP contribution is -2.21. The number of amides is 1. The molecule has 1 amide bonds. The number of nitrogens with one attached hydrogen (secondary N) is 1. The number of aromatic nitrogens is 2. The van der Waals surface area contributed by atoms with E-state index in [1.807, 2.05) is 81.9 Å². The molecule has 46 heavy (non-hydrogen) atoms. The molecule has 2 heterocycles. The third-order valence-electron chi connectivity index (χ3n) is 8.24. The second kappa shape index (κ2) is 12.2. The molecule has 7 aromatic rings. The third-order valence-corrected chi connectivity index (χ3v) is 8.24. The molecule has 0 unspecified atom stereocenters. The largest absolute Gasteiger partial charge is 0.461 e. The molecule has 0 saturated carbocycles. The minimum absolute atomic E-state index is 0.0247. The highest BCUT2D eigenvalue weighted by molar-refractivity contribution is 5.97. The number of carbonyl (C=O) groups excluding carboxylic acids is 2. The normalized spacial score (nSPS) is 11.3. The summed E-state index contributed by atoms with van der Waals surface area (Å²) in [4.78, 5) is 51.8. The molecule has 7 rings (SSSR count). The van der Waals surface area contributed by atoms with E-state index in [0.717, 1.165) is 16.6 Å². The fourth-order valence-corrected chi connectivity index (χ4v) is 6.03. The number of aryl methyl sites for hydroxylation is 1. The number of nitrogens with zero attached hydrogens (tertiary/aromatic N) is 2. The summed E-state index contributed by atoms with van der Waals surface area (Å²) in [6, 6.07) is 36.5. The number of para-hydroxylation sites is 4. The lowest BCUT2D eigenvalue weighted by molar-refractivity contribution is -0.145. The van der Waals surface area contributed by atoms with E-state index in [-0.39, 0.29) is 42.3 Å². The molecule has 0 aliphatic rings. The molecule has 226 valence electrons. The zero-order valence-corrected chi connectivity index (χ0v) is 24.8. The summed E-state index contributed by atoms with van der Waals surface area (Å²) in [5.41, 5.74) is 4.25. The topological polar surface area (TPSA) is 99.4 Å². The Balaban J connectivity index is 0.997. The van der Waals surface area contributed by atoms with Gasteiger partial charge in [-0.2, -0.15) is 0 Å². The molecule has 0 fully saturated rings. The van der Waals surface area contributed by atoms with Crippen LogP contribution in [0.4, 0.5) is 5.69 Å². The minimum Gasteiger partial charge on any atom is -0.461 e. The smallest absolute Gasteiger partial charge is 0.307 e. The molecule has 0 aliphatic carbocycles. The Morgan fingerprint density at radius 2 is 1.00 bits per heavy atom. The van der Waals surface area contributed by atoms with Gasteiger partial charge in [-0.05, 0) is 66.2 Å². The molecule has 1 N–H and O–H groups in total. The van der Waals surface area contributed by atoms with Crippen molar-refractivity contribution < 1.29 is 14.3 Å². The first-order valence-corrected chi connectivity index (χ1v) is 15.0. The van der Waals surface area contributed by atoms with Gasteiger partial charge in [0.25, 0.3) is 0 Å². The average Bonchev–Trinajstić information content (AvgIpc) is 3.10. The quantitative estimate of drug-likeness (QED) is 0.159. The number of fused-ring (bicyclic) bond motifs is 4. The predicted octanol–water partition coefficient (Wildman–Crippen LogP) is 6.40. The van der Waals surface area contributed by atoms with E-state index < -0.39 is 0 Å². The molecule has 0 aliphatic heterocycles. The monoisotopic (exact) mass is 607 g/mol. The van der Waals surface area contributed by atoms with Crippen molar-refractivity contribution in [1.29, 1.82) is 0 Å². The molecule has 2 aromatic heterocycles. The first kappa shape index (κ1) is 28.7. The maximum absolute atomic E-state index is 13.1. The third kappa shape index (κ3) is 5.41. The summed E-state index contributed by atoms with van der Waals surface area (Å²) in [6.07, 6.45) is 0.138. The Labute approximate surface area is 263 Å². The first-order valence-electron chi connectivity index (χ1n) is 15.0. The maximum Gasteiger partial charge on any atom is 0.307 e. The molecule has 0 atom stereocenters. The molecule has 8 nitrogen and oxygen atoms in total. The van der Waals surface area contributed by atoms with Gasteiger partial charge in [0.15, 0.2) is 10.9 Å². The van der Waals surface area contributed by atoms with Crippen LogP contribution in [0.1, 0.15) is 12.0 Å². The van der Waals surface area contributed by atoms with Crippen molar-refractivity contribution in [1.82, 2.24) is 9.13 Å². The molecule has 8 heteroatoms. The van der Waals surface area contributed by atoms with Crippen LogP contribution in [0.3, 0.4) is 0 Å². The first-order chi connectivity index (χ1) is 22.5. The SMILES string of the molecule is O=C(Cn1c2ccccc2c(=O)c2ccccc21)Nc1ccc(COC(=O)CCn2c3ccccc3c(=O)c3ccccc32)cc1. The molecule has 0 radical (unpaired) electrons. The second-order valence-corrected chi connectivity index (χ2v) is 11.1. The van der Waals surface area contributed by atoms with E-state index >= 15 is 0 Å². The van der Waals surface area contributed by atoms with E-state index in [4.69, 9.17) is 4.74 Å². The van der Waals surface area contributed by atoms with Crippen LogP contribution in [0.2, 0.25) is 0 Å². The highest BCUT2D eigenvalue weighted by Gasteiger charge is 2.14. The van der Waals surface area contributed by atoms with Gasteiger partial charge in [-0.3, -0.25) is 19.2 Å². The van der Waals surface area contributed by atoms with E-state index in [1.54, 1.807) is 48.5 Å². The van der Waals surface area contributed by atoms with Crippen molar-refractivity contribution >= 4 is 61.2 Å². The summed E-state index contributed by atoms with van der Waals surface area (Å²) in [6.45, 7) is 0.486. The average molecular weight is 608 g/mol. The number of benzene rings is 5. The van der Waals surface area contributed by atoms with Crippen molar-refractivity contribution in [2.75, 3.05) is 5.32 Å². The van der Waals surface area contributed by atoms with Gasteiger partial charge in [-0.15, -0.1) is 0 Å². The predicted molar refractivity (Wildman–Crippen MR) is 181 cm³/mol. The van der Waals surface area contributed by atoms with E-state index in [0.29, 0.717) is 44.8 Å². The van der Waals surface area contributed by atoms with Crippen LogP contribution in [0.25, 0.3) is 43.6 Å². The van der Waals surface area contributed by atoms with Gasteiger partial charge in [0.1, 0.15) is 13.2 Å². The summed E-state index contributed by atoms with van der Waals surface area (Å²) >= 11 is 0. The Morgan fingerprint density at radius 3 is 1.48 bits per heavy atom. The van der Waals surface area contributed by atoms with Crippen LogP contribution in [0.5, 0.6) is 0 Å². The van der Waals surface area contributed by atoms with Crippen LogP contribution in [0.15, 0.2) is 131 Å². The minimum atomic E-state index is -0.357. The number of rotatable bonds is 8. The fraction of sp³-hybridized carbons (Fsp3) is 0.105. The Hall–Kier alpha value is -6.02. The van der Waals surface area contributed by atoms with Crippen LogP contribution in [-0.4, -0.2) is 21.0 Å². The summed E-state index contributed by atoms with van der Waals surface area (Å²) in [5, 5.41) is 5.28. The van der Waals surface area contributed by atoms with Crippen LogP contribution < -0.4 is 16.2 Å². The van der Waals surface area contributed by atoms with E-state index in [9.17, 15) is 19.2 Å². The zero-order chi connectivity index (χ0) is 31.6. The lowest BCUT2D eigenvalue weighted by atomic mass is 10.1. The van der Waals surface area contributed by atoms with Crippen molar-refractivity contribution in [3.05, 3.63) is 147 Å². The number of esters is 1. The van der Waals surface area contributed by atoms with Gasteiger partial charge in [-0.1, -0.05) is 60.7 Å². The fourth-order valence-electron chi connectivity index (χ4n) is 6.03. The Kier molecular flexibility index (Phi) is 7.60. The number of hydrogen-bond donors (Lipinski definition) is 1. The van der Waals surface area contributed by atoms with Gasteiger partial charge in [-0.25, -0.2) is 0 Å². The second-order valence-electron chi connectivity index (χ2n) is 11.1. The lowest BCUT2D eigenvalue weighted by Gasteiger charge is -2.15. The Morgan fingerprint density at radius 1 is 0.565 bits per heavy atom. The molecule has 0 bridgehead atoms. The van der Waals surface area contributed by atoms with E-state index in [1.165, 1.54) is 0 Å². The number of anilines is 1. The molecule has 0 spiro atoms. The molecular weight excluding hydrogens is 578 g/mol. The molecule has 0 saturated heterocycles. The number of hydrogen-bond acceptors (Lipinski definition) is 5. The summed E-state index contributed by atoms with van der Waals surface area (Å²) < 4.78 is 9.40. The molecule has 5 aromatic carbocycles. The highest BCUT2D eigenvalue weighted by Crippen LogP contribution is 2.21. The zero-order valence-electron chi connectivity index (χ0n) is 24.8. The van der Waals surface area contributed by atoms with Crippen LogP contribution in [-0.2, 0) is 34.0 Å². The van der Waals surface area contributed by atoms with Crippen molar-refractivity contribution in [2.45, 2.75) is 26.1 Å². The number of carbonyl (C=O) groups is 2. The van der Waals surface area contributed by atoms with E-state index in [2.05, 4.69) is 5.32 Å². The standard InChI is InChI=1S/C38H29N3O5/c42-35(23-41-33-15-7-3-11-29(33)38(45)30-12-4-8-16-34(30)41)39-26-19-17-25(18-20-26)24-46-36(43)21-22-40-31-13-5-1-9-27(31)37(44)28-10-2-6-14-32(28)40/h1-20H,21-24H2,(H,39,42). The Bertz CT molecular complexity index is 2290. The van der Waals surface area contributed by atoms with Gasteiger partial charge in [0.2, 0.25) is 5.91 Å². The van der Waals surface area contributed by atoms with Gasteiger partial charge < -0.3 is 19.2 Å². The van der Waals surface area contributed by atoms with Crippen LogP contribution >= 0.6 is 0 Å². The number of ether oxygens (including phenoxy) is 1. The van der Waals surface area contributed by atoms with Crippen molar-refractivity contribution in [3.8, 4) is 0 Å². The maximum atomic E-state index is 13.1. The van der Waals surface area contributed by atoms with Crippen molar-refractivity contribution in [3.63, 3.8) is 0 Å². The van der Waals surface area contributed by atoms with Gasteiger partial charge in [0.05, 0.1) is 28.5 Å².